The third-order valence-corrected chi connectivity index (χ3v) is 3.36. The van der Waals surface area contributed by atoms with E-state index in [1.165, 1.54) is 18.5 Å². The molecule has 1 nitrogen and oxygen atoms in total. The van der Waals surface area contributed by atoms with Crippen LogP contribution in [0.25, 0.3) is 0 Å². The molecule has 1 aromatic carbocycles. The summed E-state index contributed by atoms with van der Waals surface area (Å²) in [5.74, 6) is 0.794. The highest BCUT2D eigenvalue weighted by molar-refractivity contribution is 5.45. The Morgan fingerprint density at radius 2 is 1.72 bits per heavy atom. The maximum absolute atomic E-state index is 2.47. The monoisotopic (exact) mass is 247 g/mol. The fourth-order valence-electron chi connectivity index (χ4n) is 2.63. The highest BCUT2D eigenvalue weighted by Gasteiger charge is 2.15. The fourth-order valence-corrected chi connectivity index (χ4v) is 2.63. The van der Waals surface area contributed by atoms with Crippen LogP contribution in [0.3, 0.4) is 0 Å². The van der Waals surface area contributed by atoms with Crippen molar-refractivity contribution in [2.45, 2.75) is 47.5 Å². The molecule has 0 radical (unpaired) electrons. The van der Waals surface area contributed by atoms with Gasteiger partial charge in [-0.25, -0.2) is 0 Å². The zero-order valence-electron chi connectivity index (χ0n) is 12.7. The van der Waals surface area contributed by atoms with Crippen molar-refractivity contribution in [3.05, 3.63) is 30.3 Å². The minimum Gasteiger partial charge on any atom is -0.372 e. The lowest BCUT2D eigenvalue weighted by Crippen LogP contribution is -2.26. The van der Waals surface area contributed by atoms with E-state index in [4.69, 9.17) is 0 Å². The molecular weight excluding hydrogens is 218 g/mol. The van der Waals surface area contributed by atoms with Crippen LogP contribution in [0.5, 0.6) is 0 Å². The van der Waals surface area contributed by atoms with Gasteiger partial charge in [0.15, 0.2) is 0 Å². The predicted octanol–water partition coefficient (Wildman–Crippen LogP) is 4.98. The number of nitrogens with zero attached hydrogens (tertiary/aromatic N) is 1. The molecule has 0 saturated heterocycles. The highest BCUT2D eigenvalue weighted by atomic mass is 15.1. The van der Waals surface area contributed by atoms with E-state index in [1.807, 2.05) is 0 Å². The molecule has 1 rings (SSSR count). The van der Waals surface area contributed by atoms with Crippen molar-refractivity contribution in [1.82, 2.24) is 0 Å². The average molecular weight is 247 g/mol. The first-order valence-electron chi connectivity index (χ1n) is 7.22. The lowest BCUT2D eigenvalue weighted by atomic mass is 9.84. The molecule has 0 aromatic heterocycles. The quantitative estimate of drug-likeness (QED) is 0.685. The van der Waals surface area contributed by atoms with Gasteiger partial charge in [-0.05, 0) is 43.2 Å². The number of hydrogen-bond donors (Lipinski definition) is 0. The maximum Gasteiger partial charge on any atom is 0.0366 e. The Hall–Kier alpha value is -0.980. The van der Waals surface area contributed by atoms with Crippen LogP contribution in [0.2, 0.25) is 0 Å². The van der Waals surface area contributed by atoms with E-state index in [0.29, 0.717) is 5.41 Å². The van der Waals surface area contributed by atoms with E-state index in [9.17, 15) is 0 Å². The van der Waals surface area contributed by atoms with Crippen molar-refractivity contribution in [2.24, 2.45) is 11.3 Å². The summed E-state index contributed by atoms with van der Waals surface area (Å²) in [6.45, 7) is 13.9. The van der Waals surface area contributed by atoms with Gasteiger partial charge < -0.3 is 4.90 Å². The van der Waals surface area contributed by atoms with E-state index >= 15 is 0 Å². The van der Waals surface area contributed by atoms with E-state index in [2.05, 4.69) is 69.9 Å². The van der Waals surface area contributed by atoms with Gasteiger partial charge in [-0.1, -0.05) is 45.9 Å². The Kier molecular flexibility index (Phi) is 5.71. The standard InChI is InChI=1S/C17H29N/c1-6-18(16-10-8-7-9-11-16)13-12-15(2)14-17(3,4)5/h7-11,15H,6,12-14H2,1-5H3. The second kappa shape index (κ2) is 6.82. The zero-order valence-corrected chi connectivity index (χ0v) is 12.7. The molecule has 1 heteroatoms. The first-order valence-corrected chi connectivity index (χ1v) is 7.22. The van der Waals surface area contributed by atoms with Crippen LogP contribution >= 0.6 is 0 Å². The van der Waals surface area contributed by atoms with Crippen molar-refractivity contribution < 1.29 is 0 Å². The molecule has 1 aromatic rings. The normalized spacial score (nSPS) is 13.4. The molecule has 0 aliphatic carbocycles. The lowest BCUT2D eigenvalue weighted by Gasteiger charge is -2.27. The van der Waals surface area contributed by atoms with Crippen LogP contribution in [-0.2, 0) is 0 Å². The molecule has 0 saturated carbocycles. The number of anilines is 1. The van der Waals surface area contributed by atoms with Crippen LogP contribution in [0, 0.1) is 11.3 Å². The molecule has 0 spiro atoms. The van der Waals surface area contributed by atoms with E-state index < -0.39 is 0 Å². The Morgan fingerprint density at radius 1 is 1.11 bits per heavy atom. The molecule has 0 bridgehead atoms. The van der Waals surface area contributed by atoms with Gasteiger partial charge in [0.1, 0.15) is 0 Å². The van der Waals surface area contributed by atoms with Gasteiger partial charge in [0, 0.05) is 18.8 Å². The second-order valence-electron chi connectivity index (χ2n) is 6.57. The van der Waals surface area contributed by atoms with Crippen molar-refractivity contribution in [1.29, 1.82) is 0 Å². The van der Waals surface area contributed by atoms with Crippen molar-refractivity contribution >= 4 is 5.69 Å². The molecule has 0 heterocycles. The third kappa shape index (κ3) is 5.57. The first-order chi connectivity index (χ1) is 8.42. The Balaban J connectivity index is 2.46. The molecule has 0 amide bonds. The summed E-state index contributed by atoms with van der Waals surface area (Å²) in [5.41, 5.74) is 1.80. The largest absolute Gasteiger partial charge is 0.372 e. The van der Waals surface area contributed by atoms with Gasteiger partial charge in [-0.3, -0.25) is 0 Å². The summed E-state index contributed by atoms with van der Waals surface area (Å²) in [6, 6.07) is 10.7. The van der Waals surface area contributed by atoms with Crippen molar-refractivity contribution in [3.63, 3.8) is 0 Å². The van der Waals surface area contributed by atoms with Crippen LogP contribution < -0.4 is 4.90 Å². The van der Waals surface area contributed by atoms with Crippen LogP contribution in [0.4, 0.5) is 5.69 Å². The Bertz CT molecular complexity index is 323. The SMILES string of the molecule is CCN(CCC(C)CC(C)(C)C)c1ccccc1. The molecule has 0 fully saturated rings. The summed E-state index contributed by atoms with van der Waals surface area (Å²) in [6.07, 6.45) is 2.58. The molecule has 1 atom stereocenters. The second-order valence-corrected chi connectivity index (χ2v) is 6.57. The van der Waals surface area contributed by atoms with Crippen molar-refractivity contribution in [2.75, 3.05) is 18.0 Å². The lowest BCUT2D eigenvalue weighted by molar-refractivity contribution is 0.298. The van der Waals surface area contributed by atoms with Gasteiger partial charge in [0.2, 0.25) is 0 Å². The number of benzene rings is 1. The summed E-state index contributed by atoms with van der Waals surface area (Å²) >= 11 is 0. The molecule has 0 aliphatic heterocycles. The highest BCUT2D eigenvalue weighted by Crippen LogP contribution is 2.26. The van der Waals surface area contributed by atoms with E-state index in [-0.39, 0.29) is 0 Å². The van der Waals surface area contributed by atoms with Gasteiger partial charge >= 0.3 is 0 Å². The average Bonchev–Trinajstić information content (AvgIpc) is 2.29. The van der Waals surface area contributed by atoms with E-state index in [1.54, 1.807) is 0 Å². The summed E-state index contributed by atoms with van der Waals surface area (Å²) < 4.78 is 0. The summed E-state index contributed by atoms with van der Waals surface area (Å²) in [7, 11) is 0. The van der Waals surface area contributed by atoms with Gasteiger partial charge in [-0.2, -0.15) is 0 Å². The van der Waals surface area contributed by atoms with Gasteiger partial charge in [0.05, 0.1) is 0 Å². The van der Waals surface area contributed by atoms with Crippen LogP contribution in [0.15, 0.2) is 30.3 Å². The smallest absolute Gasteiger partial charge is 0.0366 e. The zero-order chi connectivity index (χ0) is 13.6. The Labute approximate surface area is 113 Å². The van der Waals surface area contributed by atoms with E-state index in [0.717, 1.165) is 19.0 Å². The van der Waals surface area contributed by atoms with Crippen LogP contribution in [0.1, 0.15) is 47.5 Å². The van der Waals surface area contributed by atoms with Gasteiger partial charge in [0.25, 0.3) is 0 Å². The molecule has 1 unspecified atom stereocenters. The minimum atomic E-state index is 0.448. The summed E-state index contributed by atoms with van der Waals surface area (Å²) in [5, 5.41) is 0. The molecule has 18 heavy (non-hydrogen) atoms. The summed E-state index contributed by atoms with van der Waals surface area (Å²) in [4.78, 5) is 2.47. The molecule has 0 aliphatic rings. The molecule has 102 valence electrons. The predicted molar refractivity (Wildman–Crippen MR) is 82.2 cm³/mol. The van der Waals surface area contributed by atoms with Gasteiger partial charge in [-0.15, -0.1) is 0 Å². The van der Waals surface area contributed by atoms with Crippen LogP contribution in [-0.4, -0.2) is 13.1 Å². The number of rotatable bonds is 6. The Morgan fingerprint density at radius 3 is 2.22 bits per heavy atom. The third-order valence-electron chi connectivity index (χ3n) is 3.36. The maximum atomic E-state index is 2.47. The number of hydrogen-bond acceptors (Lipinski definition) is 1. The fraction of sp³-hybridized carbons (Fsp3) is 0.647. The minimum absolute atomic E-state index is 0.448. The van der Waals surface area contributed by atoms with Crippen molar-refractivity contribution in [3.8, 4) is 0 Å². The molecular formula is C17H29N. The first kappa shape index (κ1) is 15.1. The number of para-hydroxylation sites is 1. The molecule has 0 N–H and O–H groups in total. The topological polar surface area (TPSA) is 3.24 Å².